The second-order valence-electron chi connectivity index (χ2n) is 2.68. The van der Waals surface area contributed by atoms with Gasteiger partial charge in [0.25, 0.3) is 0 Å². The number of nitrogen functional groups attached to an aromatic ring is 2. The summed E-state index contributed by atoms with van der Waals surface area (Å²) in [5.41, 5.74) is 6.06. The Kier molecular flexibility index (Phi) is 1.44. The fourth-order valence-electron chi connectivity index (χ4n) is 1.01. The largest absolute Gasteiger partial charge is 0.366 e. The molecule has 0 saturated heterocycles. The topological polar surface area (TPSA) is 101 Å². The molecule has 0 unspecified atom stereocenters. The van der Waals surface area contributed by atoms with Crippen LogP contribution in [0.1, 0.15) is 0 Å². The van der Waals surface area contributed by atoms with Gasteiger partial charge < -0.3 is 16.1 Å². The highest BCUT2D eigenvalue weighted by Crippen LogP contribution is 2.13. The summed E-state index contributed by atoms with van der Waals surface area (Å²) in [5.74, 6) is 6.19. The molecule has 0 fully saturated rings. The Morgan fingerprint density at radius 2 is 2.15 bits per heavy atom. The Hall–Kier alpha value is -2.05. The van der Waals surface area contributed by atoms with Gasteiger partial charge in [-0.1, -0.05) is 0 Å². The van der Waals surface area contributed by atoms with Crippen molar-refractivity contribution >= 4 is 5.95 Å². The molecule has 0 saturated carbocycles. The van der Waals surface area contributed by atoms with Gasteiger partial charge in [0.05, 0.1) is 6.33 Å². The van der Waals surface area contributed by atoms with Crippen LogP contribution in [0.25, 0.3) is 11.5 Å². The molecule has 7 heteroatoms. The molecule has 4 N–H and O–H groups in total. The molecule has 13 heavy (non-hydrogen) atoms. The van der Waals surface area contributed by atoms with E-state index in [-0.39, 0.29) is 5.95 Å². The van der Waals surface area contributed by atoms with Crippen molar-refractivity contribution < 1.29 is 0 Å². The second-order valence-corrected chi connectivity index (χ2v) is 2.68. The van der Waals surface area contributed by atoms with E-state index >= 15 is 0 Å². The zero-order valence-electron chi connectivity index (χ0n) is 7.05. The third-order valence-electron chi connectivity index (χ3n) is 1.66. The molecule has 0 bridgehead atoms. The zero-order chi connectivity index (χ0) is 9.42. The number of imidazole rings is 1. The molecule has 0 aliphatic carbocycles. The van der Waals surface area contributed by atoms with Crippen molar-refractivity contribution in [2.75, 3.05) is 11.6 Å². The Morgan fingerprint density at radius 1 is 1.38 bits per heavy atom. The lowest BCUT2D eigenvalue weighted by molar-refractivity contribution is 0.913. The van der Waals surface area contributed by atoms with Crippen LogP contribution < -0.4 is 11.6 Å². The van der Waals surface area contributed by atoms with Crippen LogP contribution in [0.5, 0.6) is 0 Å². The van der Waals surface area contributed by atoms with Crippen molar-refractivity contribution in [3.63, 3.8) is 0 Å². The average Bonchev–Trinajstić information content (AvgIpc) is 2.62. The van der Waals surface area contributed by atoms with Gasteiger partial charge in [-0.2, -0.15) is 0 Å². The Labute approximate surface area is 74.0 Å². The summed E-state index contributed by atoms with van der Waals surface area (Å²) in [6.07, 6.45) is 3.44. The van der Waals surface area contributed by atoms with Gasteiger partial charge in [0.2, 0.25) is 11.8 Å². The Balaban J connectivity index is 2.52. The standard InChI is InChI=1S/C6H9N7/c1-12-2-4(9-3-12)5-10-11-6(7)13(5)8/h2-3H,8H2,1H3,(H2,7,11). The maximum atomic E-state index is 5.56. The summed E-state index contributed by atoms with van der Waals surface area (Å²) < 4.78 is 2.99. The first-order valence-corrected chi connectivity index (χ1v) is 3.63. The third kappa shape index (κ3) is 1.10. The van der Waals surface area contributed by atoms with Crippen LogP contribution in [0.15, 0.2) is 12.5 Å². The number of hydrogen-bond acceptors (Lipinski definition) is 5. The molecule has 7 nitrogen and oxygen atoms in total. The third-order valence-corrected chi connectivity index (χ3v) is 1.66. The molecular weight excluding hydrogens is 170 g/mol. The minimum Gasteiger partial charge on any atom is -0.366 e. The van der Waals surface area contributed by atoms with E-state index in [2.05, 4.69) is 15.2 Å². The van der Waals surface area contributed by atoms with Gasteiger partial charge in [-0.25, -0.2) is 9.66 Å². The van der Waals surface area contributed by atoms with E-state index in [1.54, 1.807) is 17.1 Å². The number of nitrogens with zero attached hydrogens (tertiary/aromatic N) is 5. The molecule has 2 aromatic heterocycles. The predicted octanol–water partition coefficient (Wildman–Crippen LogP) is -1.03. The number of anilines is 1. The van der Waals surface area contributed by atoms with Crippen LogP contribution >= 0.6 is 0 Å². The van der Waals surface area contributed by atoms with Crippen molar-refractivity contribution in [3.8, 4) is 11.5 Å². The number of nitrogens with two attached hydrogens (primary N) is 2. The van der Waals surface area contributed by atoms with Crippen molar-refractivity contribution in [1.29, 1.82) is 0 Å². The highest BCUT2D eigenvalue weighted by molar-refractivity contribution is 5.50. The van der Waals surface area contributed by atoms with Crippen molar-refractivity contribution in [1.82, 2.24) is 24.4 Å². The lowest BCUT2D eigenvalue weighted by atomic mass is 10.4. The van der Waals surface area contributed by atoms with Gasteiger partial charge in [0, 0.05) is 13.2 Å². The van der Waals surface area contributed by atoms with E-state index in [1.807, 2.05) is 7.05 Å². The molecule has 0 aromatic carbocycles. The van der Waals surface area contributed by atoms with E-state index < -0.39 is 0 Å². The average molecular weight is 179 g/mol. The summed E-state index contributed by atoms with van der Waals surface area (Å²) in [5, 5.41) is 7.40. The molecule has 0 radical (unpaired) electrons. The van der Waals surface area contributed by atoms with Crippen LogP contribution in [0.2, 0.25) is 0 Å². The minimum absolute atomic E-state index is 0.167. The first kappa shape index (κ1) is 7.59. The molecule has 0 aliphatic heterocycles. The molecule has 0 amide bonds. The summed E-state index contributed by atoms with van der Waals surface area (Å²) in [4.78, 5) is 4.06. The van der Waals surface area contributed by atoms with Crippen LogP contribution in [0.3, 0.4) is 0 Å². The Bertz CT molecular complexity index is 426. The highest BCUT2D eigenvalue weighted by atomic mass is 15.4. The van der Waals surface area contributed by atoms with Crippen LogP contribution in [0, 0.1) is 0 Å². The van der Waals surface area contributed by atoms with Crippen molar-refractivity contribution in [3.05, 3.63) is 12.5 Å². The van der Waals surface area contributed by atoms with Gasteiger partial charge in [0.15, 0.2) is 0 Å². The van der Waals surface area contributed by atoms with Gasteiger partial charge in [-0.05, 0) is 0 Å². The minimum atomic E-state index is 0.167. The van der Waals surface area contributed by atoms with Crippen molar-refractivity contribution in [2.24, 2.45) is 7.05 Å². The lowest BCUT2D eigenvalue weighted by Gasteiger charge is -1.95. The molecule has 0 spiro atoms. The molecule has 68 valence electrons. The molecule has 2 rings (SSSR count). The summed E-state index contributed by atoms with van der Waals surface area (Å²) in [6, 6.07) is 0. The zero-order valence-corrected chi connectivity index (χ0v) is 7.05. The summed E-state index contributed by atoms with van der Waals surface area (Å²) in [6.45, 7) is 0. The first-order valence-electron chi connectivity index (χ1n) is 3.63. The molecule has 2 aromatic rings. The van der Waals surface area contributed by atoms with Gasteiger partial charge >= 0.3 is 0 Å². The van der Waals surface area contributed by atoms with Crippen LogP contribution in [-0.4, -0.2) is 24.4 Å². The maximum absolute atomic E-state index is 5.56. The maximum Gasteiger partial charge on any atom is 0.241 e. The fraction of sp³-hybridized carbons (Fsp3) is 0.167. The SMILES string of the molecule is Cn1cnc(-c2nnc(N)n2N)c1. The van der Waals surface area contributed by atoms with Crippen LogP contribution in [0.4, 0.5) is 5.95 Å². The number of aromatic nitrogens is 5. The van der Waals surface area contributed by atoms with Crippen molar-refractivity contribution in [2.45, 2.75) is 0 Å². The second kappa shape index (κ2) is 2.47. The van der Waals surface area contributed by atoms with E-state index in [4.69, 9.17) is 11.6 Å². The predicted molar refractivity (Wildman–Crippen MR) is 46.8 cm³/mol. The van der Waals surface area contributed by atoms with E-state index in [1.165, 1.54) is 4.68 Å². The van der Waals surface area contributed by atoms with Crippen LogP contribution in [-0.2, 0) is 7.05 Å². The summed E-state index contributed by atoms with van der Waals surface area (Å²) >= 11 is 0. The molecule has 0 atom stereocenters. The molecular formula is C6H9N7. The quantitative estimate of drug-likeness (QED) is 0.545. The number of hydrogen-bond donors (Lipinski definition) is 2. The van der Waals surface area contributed by atoms with Gasteiger partial charge in [-0.3, -0.25) is 0 Å². The Morgan fingerprint density at radius 3 is 2.62 bits per heavy atom. The fourth-order valence-corrected chi connectivity index (χ4v) is 1.01. The smallest absolute Gasteiger partial charge is 0.241 e. The van der Waals surface area contributed by atoms with E-state index in [9.17, 15) is 0 Å². The summed E-state index contributed by atoms with van der Waals surface area (Å²) in [7, 11) is 1.86. The first-order chi connectivity index (χ1) is 6.18. The monoisotopic (exact) mass is 179 g/mol. The number of aryl methyl sites for hydroxylation is 1. The molecule has 2 heterocycles. The van der Waals surface area contributed by atoms with Gasteiger partial charge in [0.1, 0.15) is 5.69 Å². The molecule has 0 aliphatic rings. The van der Waals surface area contributed by atoms with Gasteiger partial charge in [-0.15, -0.1) is 10.2 Å². The number of rotatable bonds is 1. The lowest BCUT2D eigenvalue weighted by Crippen LogP contribution is -2.13. The highest BCUT2D eigenvalue weighted by Gasteiger charge is 2.10. The van der Waals surface area contributed by atoms with E-state index in [0.29, 0.717) is 11.5 Å². The van der Waals surface area contributed by atoms with E-state index in [0.717, 1.165) is 0 Å². The normalized spacial score (nSPS) is 10.5.